The molecule has 26 heavy (non-hydrogen) atoms. The summed E-state index contributed by atoms with van der Waals surface area (Å²) in [5.41, 5.74) is 1.61. The number of hydrogen-bond acceptors (Lipinski definition) is 5. The minimum absolute atomic E-state index is 0. The van der Waals surface area contributed by atoms with Gasteiger partial charge < -0.3 is 9.64 Å². The van der Waals surface area contributed by atoms with Gasteiger partial charge in [0, 0.05) is 38.9 Å². The molecule has 3 fully saturated rings. The maximum Gasteiger partial charge on any atom is 0.413 e. The van der Waals surface area contributed by atoms with Crippen molar-refractivity contribution in [2.75, 3.05) is 25.0 Å². The quantitative estimate of drug-likeness (QED) is 0.833. The summed E-state index contributed by atoms with van der Waals surface area (Å²) in [6.45, 7) is 2.85. The molecule has 140 valence electrons. The second-order valence-electron chi connectivity index (χ2n) is 6.45. The maximum absolute atomic E-state index is 13.5. The second kappa shape index (κ2) is 7.46. The highest BCUT2D eigenvalue weighted by atomic mass is 35.5. The normalized spacial score (nSPS) is 24.0. The number of nitrogens with zero attached hydrogens (tertiary/aromatic N) is 2. The van der Waals surface area contributed by atoms with Gasteiger partial charge in [0.15, 0.2) is 17.5 Å². The van der Waals surface area contributed by atoms with Crippen molar-refractivity contribution in [2.24, 2.45) is 0 Å². The molecule has 0 radical (unpaired) electrons. The van der Waals surface area contributed by atoms with Gasteiger partial charge in [0.2, 0.25) is 0 Å². The Balaban J connectivity index is 0.00000196. The monoisotopic (exact) mass is 401 g/mol. The minimum Gasteiger partial charge on any atom is -0.443 e. The van der Waals surface area contributed by atoms with E-state index in [1.807, 2.05) is 0 Å². The number of thiazole rings is 1. The number of carbonyl (C=O) groups excluding carboxylic acids is 1. The van der Waals surface area contributed by atoms with Crippen molar-refractivity contribution in [3.05, 3.63) is 35.3 Å². The number of anilines is 1. The van der Waals surface area contributed by atoms with Gasteiger partial charge in [-0.05, 0) is 17.7 Å². The maximum atomic E-state index is 13.5. The van der Waals surface area contributed by atoms with E-state index in [0.29, 0.717) is 16.3 Å². The molecule has 3 aliphatic rings. The molecule has 1 N–H and O–H groups in total. The molecule has 0 atom stereocenters. The van der Waals surface area contributed by atoms with E-state index in [1.54, 1.807) is 5.51 Å². The largest absolute Gasteiger partial charge is 0.443 e. The molecule has 1 aromatic heterocycles. The molecule has 0 saturated carbocycles. The number of rotatable bonds is 3. The van der Waals surface area contributed by atoms with Gasteiger partial charge >= 0.3 is 6.09 Å². The third-order valence-electron chi connectivity index (χ3n) is 4.93. The fourth-order valence-corrected chi connectivity index (χ4v) is 4.19. The second-order valence-corrected chi connectivity index (χ2v) is 7.30. The molecular weight excluding hydrogens is 384 g/mol. The van der Waals surface area contributed by atoms with E-state index in [1.165, 1.54) is 17.4 Å². The number of ether oxygens (including phenoxy) is 1. The highest BCUT2D eigenvalue weighted by Gasteiger charge is 2.42. The molecule has 1 amide bonds. The van der Waals surface area contributed by atoms with E-state index in [-0.39, 0.29) is 12.4 Å². The summed E-state index contributed by atoms with van der Waals surface area (Å²) in [6.07, 6.45) is 1.97. The lowest BCUT2D eigenvalue weighted by Gasteiger charge is -2.47. The van der Waals surface area contributed by atoms with Crippen molar-refractivity contribution < 1.29 is 18.3 Å². The molecule has 2 bridgehead atoms. The summed E-state index contributed by atoms with van der Waals surface area (Å²) < 4.78 is 32.3. The van der Waals surface area contributed by atoms with Crippen LogP contribution in [0.25, 0.3) is 10.4 Å². The summed E-state index contributed by atoms with van der Waals surface area (Å²) in [6, 6.07) is 3.61. The van der Waals surface area contributed by atoms with Crippen LogP contribution in [0.2, 0.25) is 0 Å². The molecular formula is C17H18ClF2N3O2S. The van der Waals surface area contributed by atoms with Crippen LogP contribution >= 0.6 is 23.7 Å². The van der Waals surface area contributed by atoms with Crippen molar-refractivity contribution in [2.45, 2.75) is 24.9 Å². The summed E-state index contributed by atoms with van der Waals surface area (Å²) in [5.74, 6) is -1.55. The lowest BCUT2D eigenvalue weighted by atomic mass is 9.83. The molecule has 0 unspecified atom stereocenters. The van der Waals surface area contributed by atoms with E-state index in [2.05, 4.69) is 15.2 Å². The van der Waals surface area contributed by atoms with Crippen LogP contribution in [0.1, 0.15) is 19.3 Å². The van der Waals surface area contributed by atoms with Crippen LogP contribution < -0.4 is 5.32 Å². The summed E-state index contributed by atoms with van der Waals surface area (Å²) >= 11 is 1.24. The first-order chi connectivity index (χ1) is 12.0. The van der Waals surface area contributed by atoms with Gasteiger partial charge in [0.05, 0.1) is 10.4 Å². The molecule has 4 heterocycles. The number of piperidine rings is 3. The highest BCUT2D eigenvalue weighted by Crippen LogP contribution is 2.36. The molecule has 2 aromatic rings. The van der Waals surface area contributed by atoms with Crippen LogP contribution in [0.3, 0.4) is 0 Å². The van der Waals surface area contributed by atoms with Crippen LogP contribution in [0.15, 0.2) is 23.7 Å². The average molecular weight is 402 g/mol. The van der Waals surface area contributed by atoms with Crippen molar-refractivity contribution in [3.8, 4) is 10.4 Å². The lowest BCUT2D eigenvalue weighted by molar-refractivity contribution is -0.0742. The fourth-order valence-electron chi connectivity index (χ4n) is 3.45. The predicted molar refractivity (Wildman–Crippen MR) is 97.8 cm³/mol. The third-order valence-corrected chi connectivity index (χ3v) is 5.81. The molecule has 1 aromatic carbocycles. The average Bonchev–Trinajstić information content (AvgIpc) is 3.06. The number of aromatic nitrogens is 1. The Morgan fingerprint density at radius 3 is 2.54 bits per heavy atom. The Labute approximate surface area is 159 Å². The van der Waals surface area contributed by atoms with Crippen molar-refractivity contribution in [3.63, 3.8) is 0 Å². The smallest absolute Gasteiger partial charge is 0.413 e. The topological polar surface area (TPSA) is 54.5 Å². The minimum atomic E-state index is -0.938. The van der Waals surface area contributed by atoms with Crippen molar-refractivity contribution in [1.82, 2.24) is 9.88 Å². The molecule has 0 spiro atoms. The zero-order valence-electron chi connectivity index (χ0n) is 13.8. The zero-order chi connectivity index (χ0) is 17.4. The predicted octanol–water partition coefficient (Wildman–Crippen LogP) is 4.30. The Kier molecular flexibility index (Phi) is 5.45. The van der Waals surface area contributed by atoms with Crippen LogP contribution in [0, 0.1) is 11.6 Å². The number of nitrogens with one attached hydrogen (secondary N) is 1. The van der Waals surface area contributed by atoms with Crippen LogP contribution in [-0.4, -0.2) is 41.2 Å². The van der Waals surface area contributed by atoms with E-state index in [4.69, 9.17) is 4.74 Å². The Bertz CT molecular complexity index is 795. The first kappa shape index (κ1) is 19.0. The standard InChI is InChI=1S/C17H17F2N3O2S.ClH/c18-12-2-1-11(9-13(12)19)14-15(20-10-25-14)21-16(23)24-17-3-6-22(7-4-17)8-5-17;/h1-2,9-10H,3-8H2,(H,21,23);1H. The molecule has 5 rings (SSSR count). The number of fused-ring (bicyclic) bond motifs is 3. The van der Waals surface area contributed by atoms with E-state index < -0.39 is 23.3 Å². The molecule has 3 aliphatic heterocycles. The Hall–Kier alpha value is -1.77. The lowest BCUT2D eigenvalue weighted by Crippen LogP contribution is -2.54. The number of amides is 1. The van der Waals surface area contributed by atoms with Crippen molar-refractivity contribution >= 4 is 35.7 Å². The van der Waals surface area contributed by atoms with Crippen molar-refractivity contribution in [1.29, 1.82) is 0 Å². The SMILES string of the molecule is Cl.O=C(Nc1ncsc1-c1ccc(F)c(F)c1)OC12CCN(CC1)CC2. The molecule has 0 aliphatic carbocycles. The van der Waals surface area contributed by atoms with Gasteiger partial charge in [-0.25, -0.2) is 18.6 Å². The van der Waals surface area contributed by atoms with Gasteiger partial charge in [-0.1, -0.05) is 6.07 Å². The number of benzene rings is 1. The molecule has 9 heteroatoms. The first-order valence-corrected chi connectivity index (χ1v) is 9.04. The molecule has 5 nitrogen and oxygen atoms in total. The summed E-state index contributed by atoms with van der Waals surface area (Å²) in [4.78, 5) is 19.4. The number of hydrogen-bond donors (Lipinski definition) is 1. The van der Waals surface area contributed by atoms with Gasteiger partial charge in [0.1, 0.15) is 5.60 Å². The van der Waals surface area contributed by atoms with Crippen LogP contribution in [0.5, 0.6) is 0 Å². The summed E-state index contributed by atoms with van der Waals surface area (Å²) in [7, 11) is 0. The fraction of sp³-hybridized carbons (Fsp3) is 0.412. The Morgan fingerprint density at radius 1 is 1.19 bits per heavy atom. The zero-order valence-corrected chi connectivity index (χ0v) is 15.5. The highest BCUT2D eigenvalue weighted by molar-refractivity contribution is 7.13. The molecule has 3 saturated heterocycles. The van der Waals surface area contributed by atoms with Crippen LogP contribution in [-0.2, 0) is 4.74 Å². The van der Waals surface area contributed by atoms with Crippen LogP contribution in [0.4, 0.5) is 19.4 Å². The number of carbonyl (C=O) groups is 1. The van der Waals surface area contributed by atoms with Gasteiger partial charge in [-0.15, -0.1) is 23.7 Å². The van der Waals surface area contributed by atoms with Gasteiger partial charge in [0.25, 0.3) is 0 Å². The van der Waals surface area contributed by atoms with Gasteiger partial charge in [-0.2, -0.15) is 0 Å². The van der Waals surface area contributed by atoms with E-state index in [9.17, 15) is 13.6 Å². The van der Waals surface area contributed by atoms with E-state index in [0.717, 1.165) is 51.0 Å². The first-order valence-electron chi connectivity index (χ1n) is 8.16. The number of halogens is 3. The summed E-state index contributed by atoms with van der Waals surface area (Å²) in [5, 5.41) is 2.66. The third kappa shape index (κ3) is 3.67. The van der Waals surface area contributed by atoms with Gasteiger partial charge in [-0.3, -0.25) is 5.32 Å². The Morgan fingerprint density at radius 2 is 1.88 bits per heavy atom. The van der Waals surface area contributed by atoms with E-state index >= 15 is 0 Å².